The van der Waals surface area contributed by atoms with Crippen molar-refractivity contribution in [1.82, 2.24) is 29.7 Å². The molecule has 118 valence electrons. The van der Waals surface area contributed by atoms with Crippen LogP contribution in [0.4, 0.5) is 16.6 Å². The van der Waals surface area contributed by atoms with E-state index in [1.54, 1.807) is 11.2 Å². The van der Waals surface area contributed by atoms with E-state index in [1.165, 1.54) is 0 Å². The van der Waals surface area contributed by atoms with Crippen molar-refractivity contribution < 1.29 is 4.79 Å². The first kappa shape index (κ1) is 14.4. The smallest absolute Gasteiger partial charge is 0.317 e. The molecule has 1 fully saturated rings. The highest BCUT2D eigenvalue weighted by atomic mass is 16.2. The molecule has 0 bridgehead atoms. The van der Waals surface area contributed by atoms with Crippen LogP contribution >= 0.6 is 0 Å². The first-order valence-electron chi connectivity index (χ1n) is 7.38. The van der Waals surface area contributed by atoms with Gasteiger partial charge in [0.05, 0.1) is 12.4 Å². The molecular formula is C13H20N8O. The van der Waals surface area contributed by atoms with Gasteiger partial charge in [-0.05, 0) is 6.42 Å². The Balaban J connectivity index is 1.67. The Morgan fingerprint density at radius 1 is 1.41 bits per heavy atom. The van der Waals surface area contributed by atoms with Crippen LogP contribution in [0.3, 0.4) is 0 Å². The number of anilines is 2. The second kappa shape index (κ2) is 5.66. The average molecular weight is 304 g/mol. The number of hydrogen-bond donors (Lipinski definition) is 3. The minimum absolute atomic E-state index is 0.0252. The Hall–Kier alpha value is -2.58. The number of nitrogen functional groups attached to an aromatic ring is 2. The Morgan fingerprint density at radius 2 is 2.18 bits per heavy atom. The van der Waals surface area contributed by atoms with Gasteiger partial charge in [-0.3, -0.25) is 0 Å². The second-order valence-corrected chi connectivity index (χ2v) is 5.44. The molecule has 2 aromatic rings. The number of nitrogens with two attached hydrogens (primary N) is 2. The number of aromatic nitrogens is 4. The fraction of sp³-hybridized carbons (Fsp3) is 0.538. The molecule has 1 saturated heterocycles. The predicted molar refractivity (Wildman–Crippen MR) is 83.1 cm³/mol. The molecule has 0 radical (unpaired) electrons. The molecule has 9 heteroatoms. The van der Waals surface area contributed by atoms with E-state index in [4.69, 9.17) is 11.5 Å². The highest BCUT2D eigenvalue weighted by Gasteiger charge is 2.33. The zero-order valence-electron chi connectivity index (χ0n) is 12.5. The normalized spacial score (nSPS) is 15.0. The molecule has 0 saturated carbocycles. The van der Waals surface area contributed by atoms with Crippen LogP contribution < -0.4 is 16.8 Å². The summed E-state index contributed by atoms with van der Waals surface area (Å²) in [5.41, 5.74) is 12.6. The maximum Gasteiger partial charge on any atom is 0.317 e. The maximum absolute atomic E-state index is 11.9. The first-order valence-corrected chi connectivity index (χ1v) is 7.38. The molecule has 22 heavy (non-hydrogen) atoms. The minimum atomic E-state index is -0.0252. The van der Waals surface area contributed by atoms with Crippen molar-refractivity contribution >= 4 is 29.0 Å². The lowest BCUT2D eigenvalue weighted by Crippen LogP contribution is -2.54. The summed E-state index contributed by atoms with van der Waals surface area (Å²) in [7, 11) is 0. The van der Waals surface area contributed by atoms with Crippen molar-refractivity contribution in [1.29, 1.82) is 0 Å². The third-order valence-electron chi connectivity index (χ3n) is 3.82. The molecule has 1 aliphatic heterocycles. The fourth-order valence-electron chi connectivity index (χ4n) is 2.50. The Bertz CT molecular complexity index is 691. The number of rotatable bonds is 4. The van der Waals surface area contributed by atoms with Crippen LogP contribution in [0.1, 0.15) is 25.8 Å². The summed E-state index contributed by atoms with van der Waals surface area (Å²) in [6.45, 7) is 4.04. The van der Waals surface area contributed by atoms with Gasteiger partial charge in [0, 0.05) is 19.6 Å². The first-order chi connectivity index (χ1) is 10.6. The summed E-state index contributed by atoms with van der Waals surface area (Å²) >= 11 is 0. The van der Waals surface area contributed by atoms with Crippen molar-refractivity contribution in [2.24, 2.45) is 0 Å². The van der Waals surface area contributed by atoms with Gasteiger partial charge in [-0.2, -0.15) is 9.97 Å². The van der Waals surface area contributed by atoms with Gasteiger partial charge in [-0.25, -0.2) is 9.78 Å². The molecule has 3 heterocycles. The predicted octanol–water partition coefficient (Wildman–Crippen LogP) is 0.357. The molecule has 2 aromatic heterocycles. The van der Waals surface area contributed by atoms with E-state index in [9.17, 15) is 4.79 Å². The molecule has 0 aliphatic carbocycles. The number of amides is 2. The number of carbonyl (C=O) groups excluding carboxylic acids is 1. The number of hydrogen-bond acceptors (Lipinski definition) is 6. The highest BCUT2D eigenvalue weighted by molar-refractivity contribution is 5.83. The molecule has 0 atom stereocenters. The van der Waals surface area contributed by atoms with Crippen LogP contribution in [0.2, 0.25) is 0 Å². The summed E-state index contributed by atoms with van der Waals surface area (Å²) in [5, 5.41) is 2.90. The van der Waals surface area contributed by atoms with E-state index in [0.29, 0.717) is 30.8 Å². The largest absolute Gasteiger partial charge is 0.382 e. The van der Waals surface area contributed by atoms with Crippen LogP contribution in [0.5, 0.6) is 0 Å². The number of unbranched alkanes of at least 4 members (excludes halogenated alkanes) is 1. The molecule has 2 amide bonds. The number of likely N-dealkylation sites (tertiary alicyclic amines) is 1. The quantitative estimate of drug-likeness (QED) is 0.699. The highest BCUT2D eigenvalue weighted by Crippen LogP contribution is 2.26. The van der Waals surface area contributed by atoms with Crippen LogP contribution in [0.15, 0.2) is 6.33 Å². The topological polar surface area (TPSA) is 128 Å². The van der Waals surface area contributed by atoms with Crippen molar-refractivity contribution in [2.45, 2.75) is 25.8 Å². The second-order valence-electron chi connectivity index (χ2n) is 5.44. The summed E-state index contributed by atoms with van der Waals surface area (Å²) in [5.74, 6) is 0.398. The number of urea groups is 1. The third-order valence-corrected chi connectivity index (χ3v) is 3.82. The number of nitrogens with zero attached hydrogens (tertiary/aromatic N) is 5. The molecule has 0 unspecified atom stereocenters. The summed E-state index contributed by atoms with van der Waals surface area (Å²) < 4.78 is 1.90. The number of fused-ring (bicyclic) bond motifs is 1. The van der Waals surface area contributed by atoms with Crippen LogP contribution in [-0.4, -0.2) is 50.1 Å². The molecule has 0 spiro atoms. The zero-order valence-corrected chi connectivity index (χ0v) is 12.5. The monoisotopic (exact) mass is 304 g/mol. The van der Waals surface area contributed by atoms with E-state index < -0.39 is 0 Å². The fourth-order valence-corrected chi connectivity index (χ4v) is 2.50. The van der Waals surface area contributed by atoms with Crippen molar-refractivity contribution in [3.63, 3.8) is 0 Å². The summed E-state index contributed by atoms with van der Waals surface area (Å²) in [6, 6.07) is 0.110. The van der Waals surface area contributed by atoms with Gasteiger partial charge in [0.2, 0.25) is 5.95 Å². The van der Waals surface area contributed by atoms with Gasteiger partial charge < -0.3 is 26.3 Å². The van der Waals surface area contributed by atoms with Gasteiger partial charge in [-0.1, -0.05) is 13.3 Å². The lowest BCUT2D eigenvalue weighted by atomic mass is 10.1. The van der Waals surface area contributed by atoms with E-state index in [1.807, 2.05) is 4.57 Å². The summed E-state index contributed by atoms with van der Waals surface area (Å²) in [6.07, 6.45) is 3.73. The number of nitrogens with one attached hydrogen (secondary N) is 1. The number of carbonyl (C=O) groups is 1. The maximum atomic E-state index is 11.9. The zero-order chi connectivity index (χ0) is 15.7. The minimum Gasteiger partial charge on any atom is -0.382 e. The number of imidazole rings is 1. The molecular weight excluding hydrogens is 284 g/mol. The van der Waals surface area contributed by atoms with Gasteiger partial charge in [0.25, 0.3) is 0 Å². The SMILES string of the molecule is CCCCNC(=O)N1CC(n2cnc3c(N)nc(N)nc32)C1. The van der Waals surface area contributed by atoms with Crippen molar-refractivity contribution in [2.75, 3.05) is 31.1 Å². The van der Waals surface area contributed by atoms with Gasteiger partial charge in [-0.15, -0.1) is 0 Å². The van der Waals surface area contributed by atoms with Crippen LogP contribution in [0.25, 0.3) is 11.2 Å². The van der Waals surface area contributed by atoms with E-state index >= 15 is 0 Å². The molecule has 1 aliphatic rings. The van der Waals surface area contributed by atoms with Crippen molar-refractivity contribution in [3.05, 3.63) is 6.33 Å². The Morgan fingerprint density at radius 3 is 2.91 bits per heavy atom. The lowest BCUT2D eigenvalue weighted by molar-refractivity contribution is 0.126. The van der Waals surface area contributed by atoms with Gasteiger partial charge >= 0.3 is 6.03 Å². The van der Waals surface area contributed by atoms with Crippen molar-refractivity contribution in [3.8, 4) is 0 Å². The van der Waals surface area contributed by atoms with Gasteiger partial charge in [0.1, 0.15) is 5.52 Å². The van der Waals surface area contributed by atoms with Crippen LogP contribution in [-0.2, 0) is 0 Å². The molecule has 3 rings (SSSR count). The van der Waals surface area contributed by atoms with E-state index in [2.05, 4.69) is 27.2 Å². The Kier molecular flexibility index (Phi) is 3.70. The lowest BCUT2D eigenvalue weighted by Gasteiger charge is -2.39. The Labute approximate surface area is 127 Å². The molecule has 5 N–H and O–H groups in total. The molecule has 9 nitrogen and oxygen atoms in total. The van der Waals surface area contributed by atoms with Gasteiger partial charge in [0.15, 0.2) is 11.5 Å². The van der Waals surface area contributed by atoms with Crippen LogP contribution in [0, 0.1) is 0 Å². The van der Waals surface area contributed by atoms with E-state index in [0.717, 1.165) is 12.8 Å². The average Bonchev–Trinajstić information content (AvgIpc) is 2.81. The summed E-state index contributed by atoms with van der Waals surface area (Å²) in [4.78, 5) is 26.0. The third kappa shape index (κ3) is 2.49. The molecule has 0 aromatic carbocycles. The van der Waals surface area contributed by atoms with E-state index in [-0.39, 0.29) is 23.8 Å². The standard InChI is InChI=1S/C13H20N8O/c1-2-3-4-16-13(22)20-5-8(6-20)21-7-17-9-10(14)18-12(15)19-11(9)21/h7-8H,2-6H2,1H3,(H,16,22)(H4,14,15,18,19).